The van der Waals surface area contributed by atoms with E-state index in [0.717, 1.165) is 56.9 Å². The first-order valence-electron chi connectivity index (χ1n) is 17.6. The highest BCUT2D eigenvalue weighted by atomic mass is 16.7. The van der Waals surface area contributed by atoms with Crippen molar-refractivity contribution in [3.63, 3.8) is 0 Å². The van der Waals surface area contributed by atoms with Gasteiger partial charge in [0.25, 0.3) is 0 Å². The van der Waals surface area contributed by atoms with E-state index in [0.29, 0.717) is 18.3 Å². The van der Waals surface area contributed by atoms with Gasteiger partial charge in [-0.1, -0.05) is 46.3 Å². The minimum absolute atomic E-state index is 0.000313. The normalized spacial score (nSPS) is 54.4. The third kappa shape index (κ3) is 4.73. The third-order valence-electron chi connectivity index (χ3n) is 15.2. The van der Waals surface area contributed by atoms with Crippen LogP contribution in [0.15, 0.2) is 11.6 Å². The van der Waals surface area contributed by atoms with Crippen LogP contribution in [0.3, 0.4) is 0 Å². The second-order valence-corrected chi connectivity index (χ2v) is 17.4. The Hall–Kier alpha value is -0.620. The van der Waals surface area contributed by atoms with Gasteiger partial charge in [0.2, 0.25) is 0 Å². The lowest BCUT2D eigenvalue weighted by molar-refractivity contribution is -0.329. The van der Waals surface area contributed by atoms with Crippen molar-refractivity contribution in [2.75, 3.05) is 13.2 Å². The Morgan fingerprint density at radius 2 is 1.62 bits per heavy atom. The number of fused-ring (bicyclic) bond motifs is 2. The van der Waals surface area contributed by atoms with Crippen molar-refractivity contribution in [3.05, 3.63) is 11.6 Å². The lowest BCUT2D eigenvalue weighted by Crippen LogP contribution is -2.63. The lowest BCUT2D eigenvalue weighted by Gasteiger charge is -2.64. The van der Waals surface area contributed by atoms with Gasteiger partial charge in [0, 0.05) is 0 Å². The van der Waals surface area contributed by atoms with Crippen LogP contribution in [0.25, 0.3) is 0 Å². The van der Waals surface area contributed by atoms with E-state index >= 15 is 0 Å². The minimum Gasteiger partial charge on any atom is -0.394 e. The number of ether oxygens (including phenoxy) is 2. The van der Waals surface area contributed by atoms with E-state index in [2.05, 4.69) is 40.7 Å². The molecule has 1 aliphatic heterocycles. The van der Waals surface area contributed by atoms with Crippen molar-refractivity contribution >= 4 is 0 Å². The number of allylic oxidation sites excluding steroid dienone is 1. The second-order valence-electron chi connectivity index (χ2n) is 17.4. The Morgan fingerprint density at radius 3 is 2.29 bits per heavy atom. The Balaban J connectivity index is 1.23. The molecule has 2 spiro atoms. The number of rotatable bonds is 8. The van der Waals surface area contributed by atoms with E-state index in [4.69, 9.17) is 9.47 Å². The maximum Gasteiger partial charge on any atom is 0.186 e. The van der Waals surface area contributed by atoms with E-state index in [9.17, 15) is 35.7 Å². The summed E-state index contributed by atoms with van der Waals surface area (Å²) in [6.07, 6.45) is 2.61. The highest BCUT2D eigenvalue weighted by Gasteiger charge is 2.84. The summed E-state index contributed by atoms with van der Waals surface area (Å²) < 4.78 is 12.1. The molecule has 0 aromatic heterocycles. The number of aliphatic hydroxyl groups excluding tert-OH is 7. The maximum atomic E-state index is 12.1. The van der Waals surface area contributed by atoms with Gasteiger partial charge >= 0.3 is 0 Å². The van der Waals surface area contributed by atoms with Gasteiger partial charge in [0.05, 0.1) is 31.5 Å². The number of hydrogen-bond donors (Lipinski definition) is 7. The maximum absolute atomic E-state index is 12.1. The molecule has 5 aliphatic carbocycles. The first-order valence-corrected chi connectivity index (χ1v) is 17.6. The molecule has 6 rings (SSSR count). The van der Waals surface area contributed by atoms with Crippen molar-refractivity contribution in [2.45, 2.75) is 148 Å². The molecule has 0 unspecified atom stereocenters. The van der Waals surface area contributed by atoms with Crippen LogP contribution in [0, 0.1) is 50.7 Å². The minimum atomic E-state index is -1.49. The summed E-state index contributed by atoms with van der Waals surface area (Å²) in [5, 5.41) is 74.2. The molecule has 1 heterocycles. The molecule has 16 atom stereocenters. The third-order valence-corrected chi connectivity index (χ3v) is 15.2. The molecule has 6 aliphatic rings. The van der Waals surface area contributed by atoms with Gasteiger partial charge in [-0.25, -0.2) is 0 Å². The SMILES string of the molecule is C/C(=C\CC[C@@H](C)[C@H]1[C@@H](O)C[C@@]2(C)[C@@H]3C[C@H](O)[C@H]4C(C)(C)[C@@H](O[C@@H]5O[C@H](CO)[C@@H](O)[C@H](O)[C@H]5O)CC[C@@]45C[C@@]35CC[C@]12C)CO. The summed E-state index contributed by atoms with van der Waals surface area (Å²) in [6, 6.07) is 0. The largest absolute Gasteiger partial charge is 0.394 e. The van der Waals surface area contributed by atoms with Crippen LogP contribution in [0.1, 0.15) is 99.3 Å². The van der Waals surface area contributed by atoms with Gasteiger partial charge in [-0.15, -0.1) is 0 Å². The van der Waals surface area contributed by atoms with E-state index in [1.807, 2.05) is 6.92 Å². The summed E-state index contributed by atoms with van der Waals surface area (Å²) in [5.41, 5.74) is 0.579. The van der Waals surface area contributed by atoms with Crippen LogP contribution in [0.2, 0.25) is 0 Å². The summed E-state index contributed by atoms with van der Waals surface area (Å²) in [5.74, 6) is 0.885. The second kappa shape index (κ2) is 11.5. The van der Waals surface area contributed by atoms with Crippen molar-refractivity contribution in [3.8, 4) is 0 Å². The Bertz CT molecular complexity index is 1140. The quantitative estimate of drug-likeness (QED) is 0.157. The fraction of sp³-hybridized carbons (Fsp3) is 0.944. The highest BCUT2D eigenvalue weighted by Crippen LogP contribution is 2.89. The summed E-state index contributed by atoms with van der Waals surface area (Å²) in [6.45, 7) is 13.0. The molecule has 1 saturated heterocycles. The molecule has 258 valence electrons. The predicted molar refractivity (Wildman–Crippen MR) is 168 cm³/mol. The Kier molecular flexibility index (Phi) is 8.74. The summed E-state index contributed by atoms with van der Waals surface area (Å²) >= 11 is 0. The molecular weight excluding hydrogens is 576 g/mol. The van der Waals surface area contributed by atoms with E-state index in [1.165, 1.54) is 0 Å². The molecule has 6 fully saturated rings. The molecular formula is C36H60O9. The van der Waals surface area contributed by atoms with Crippen LogP contribution in [-0.2, 0) is 9.47 Å². The highest BCUT2D eigenvalue weighted by molar-refractivity contribution is 5.32. The molecule has 9 heteroatoms. The average Bonchev–Trinajstić information content (AvgIpc) is 3.57. The molecule has 0 bridgehead atoms. The number of hydrogen-bond acceptors (Lipinski definition) is 9. The van der Waals surface area contributed by atoms with Crippen molar-refractivity contribution in [1.82, 2.24) is 0 Å². The van der Waals surface area contributed by atoms with Crippen LogP contribution < -0.4 is 0 Å². The molecule has 5 saturated carbocycles. The van der Waals surface area contributed by atoms with Crippen LogP contribution in [0.5, 0.6) is 0 Å². The van der Waals surface area contributed by atoms with Gasteiger partial charge in [-0.2, -0.15) is 0 Å². The molecule has 0 aromatic carbocycles. The van der Waals surface area contributed by atoms with Gasteiger partial charge in [0.15, 0.2) is 6.29 Å². The lowest BCUT2D eigenvalue weighted by atomic mass is 9.41. The van der Waals surface area contributed by atoms with Crippen molar-refractivity contribution in [1.29, 1.82) is 0 Å². The standard InChI is InChI=1S/C36H60O9/c1-19(16-37)8-7-9-20(2)26-22(40)15-34(6)24-14-21(39)30-32(3,4)25(45-31-29(43)28(42)27(41)23(17-38)44-31)10-11-36(30)18-35(24,36)13-12-33(26,34)5/h8,20-31,37-43H,7,9-18H2,1-6H3/b19-8+/t20-,21+,22+,23-,24+,25+,26+,27-,28+,29-,30+,31+,33-,34+,35+,36-/m1/s1. The van der Waals surface area contributed by atoms with Crippen molar-refractivity contribution in [2.24, 2.45) is 50.7 Å². The zero-order valence-corrected chi connectivity index (χ0v) is 28.2. The summed E-state index contributed by atoms with van der Waals surface area (Å²) in [4.78, 5) is 0. The molecule has 9 nitrogen and oxygen atoms in total. The monoisotopic (exact) mass is 636 g/mol. The molecule has 7 N–H and O–H groups in total. The topological polar surface area (TPSA) is 160 Å². The first-order chi connectivity index (χ1) is 21.0. The molecule has 0 aromatic rings. The van der Waals surface area contributed by atoms with E-state index in [-0.39, 0.29) is 52.3 Å². The van der Waals surface area contributed by atoms with Crippen LogP contribution in [0.4, 0.5) is 0 Å². The average molecular weight is 637 g/mol. The van der Waals surface area contributed by atoms with Gasteiger partial charge in [-0.3, -0.25) is 0 Å². The molecule has 0 amide bonds. The van der Waals surface area contributed by atoms with E-state index < -0.39 is 48.8 Å². The van der Waals surface area contributed by atoms with E-state index in [1.54, 1.807) is 0 Å². The summed E-state index contributed by atoms with van der Waals surface area (Å²) in [7, 11) is 0. The van der Waals surface area contributed by atoms with Gasteiger partial charge in [-0.05, 0) is 115 Å². The predicted octanol–water partition coefficient (Wildman–Crippen LogP) is 2.91. The Labute approximate surface area is 269 Å². The molecule has 45 heavy (non-hydrogen) atoms. The first kappa shape index (κ1) is 34.3. The zero-order valence-electron chi connectivity index (χ0n) is 28.2. The van der Waals surface area contributed by atoms with Gasteiger partial charge in [0.1, 0.15) is 24.4 Å². The Morgan fingerprint density at radius 1 is 0.911 bits per heavy atom. The van der Waals surface area contributed by atoms with Crippen LogP contribution >= 0.6 is 0 Å². The molecule has 0 radical (unpaired) electrons. The van der Waals surface area contributed by atoms with Crippen LogP contribution in [-0.4, -0.2) is 98.0 Å². The van der Waals surface area contributed by atoms with Gasteiger partial charge < -0.3 is 45.2 Å². The fourth-order valence-electron chi connectivity index (χ4n) is 12.9. The van der Waals surface area contributed by atoms with Crippen molar-refractivity contribution < 1.29 is 45.2 Å². The smallest absolute Gasteiger partial charge is 0.186 e. The number of aliphatic hydroxyl groups is 7. The fourth-order valence-corrected chi connectivity index (χ4v) is 12.9. The zero-order chi connectivity index (χ0) is 32.9.